The molecule has 0 bridgehead atoms. The first-order chi connectivity index (χ1) is 9.66. The Kier molecular flexibility index (Phi) is 12.2. The summed E-state index contributed by atoms with van der Waals surface area (Å²) >= 11 is 0. The fraction of sp³-hybridized carbons (Fsp3) is 0.750. The van der Waals surface area contributed by atoms with E-state index in [-0.39, 0.29) is 36.0 Å². The summed E-state index contributed by atoms with van der Waals surface area (Å²) in [6, 6.07) is 0.562. The predicted octanol–water partition coefficient (Wildman–Crippen LogP) is -5.59. The van der Waals surface area contributed by atoms with Crippen molar-refractivity contribution < 1.29 is 58.7 Å². The van der Waals surface area contributed by atoms with Crippen LogP contribution in [0, 0.1) is 5.92 Å². The minimum Gasteiger partial charge on any atom is -0.847 e. The van der Waals surface area contributed by atoms with Crippen LogP contribution in [0.2, 0.25) is 0 Å². The van der Waals surface area contributed by atoms with Crippen molar-refractivity contribution in [3.63, 3.8) is 0 Å². The molecule has 0 spiro atoms. The fourth-order valence-corrected chi connectivity index (χ4v) is 1.85. The zero-order valence-electron chi connectivity index (χ0n) is 13.7. The Balaban J connectivity index is -0.000000159. The summed E-state index contributed by atoms with van der Waals surface area (Å²) in [6.07, 6.45) is 0.930. The molecular formula is C12H20N2O7Pt. The van der Waals surface area contributed by atoms with E-state index in [4.69, 9.17) is 11.5 Å². The van der Waals surface area contributed by atoms with Crippen LogP contribution in [0.1, 0.15) is 35.0 Å². The molecule has 0 heterocycles. The van der Waals surface area contributed by atoms with E-state index in [1.54, 1.807) is 0 Å². The Morgan fingerprint density at radius 1 is 1.00 bits per heavy atom. The molecule has 1 fully saturated rings. The van der Waals surface area contributed by atoms with Gasteiger partial charge in [0.2, 0.25) is 0 Å². The summed E-state index contributed by atoms with van der Waals surface area (Å²) in [6.45, 7) is 0. The third kappa shape index (κ3) is 9.09. The first-order valence-corrected chi connectivity index (χ1v) is 6.45. The van der Waals surface area contributed by atoms with Crippen molar-refractivity contribution in [2.24, 2.45) is 17.4 Å². The van der Waals surface area contributed by atoms with Gasteiger partial charge < -0.3 is 46.3 Å². The maximum atomic E-state index is 10.5. The van der Waals surface area contributed by atoms with Crippen LogP contribution in [0.3, 0.4) is 0 Å². The molecule has 0 aromatic heterocycles. The van der Waals surface area contributed by atoms with Crippen LogP contribution in [0.15, 0.2) is 0 Å². The first-order valence-electron chi connectivity index (χ1n) is 6.45. The molecule has 1 saturated carbocycles. The molecule has 1 rings (SSSR count). The third-order valence-corrected chi connectivity index (χ3v) is 3.16. The molecule has 0 aromatic carbocycles. The fourth-order valence-electron chi connectivity index (χ4n) is 1.85. The van der Waals surface area contributed by atoms with Crippen LogP contribution < -0.4 is 31.9 Å². The number of hydrogen-bond acceptors (Lipinski definition) is 9. The monoisotopic (exact) mass is 499 g/mol. The maximum Gasteiger partial charge on any atom is 2.00 e. The number of nitrogens with two attached hydrogens (primary N) is 2. The van der Waals surface area contributed by atoms with Crippen LogP contribution in [0.4, 0.5) is 0 Å². The van der Waals surface area contributed by atoms with Crippen molar-refractivity contribution >= 4 is 17.9 Å². The maximum absolute atomic E-state index is 10.5. The quantitative estimate of drug-likeness (QED) is 0.371. The second-order valence-corrected chi connectivity index (χ2v) is 4.85. The van der Waals surface area contributed by atoms with Gasteiger partial charge in [-0.15, -0.1) is 0 Å². The second kappa shape index (κ2) is 11.5. The van der Waals surface area contributed by atoms with Gasteiger partial charge in [-0.1, -0.05) is 18.9 Å². The zero-order chi connectivity index (χ0) is 16.6. The summed E-state index contributed by atoms with van der Waals surface area (Å²) in [4.78, 5) is 29.9. The number of carboxylic acid groups (broad SMARTS) is 3. The standard InChI is InChI=1S/C6H14N2.C6H7O7.Pt/c7-5-3-1-2-4-6(5)8;7-3(8)1-2(5(10)11)4(9)6(12)13;/h5-6H,1-4,7-8H2;2,4H,1H2,(H,7,8)(H,10,11)(H,12,13);/q;-1;+2/p-1. The van der Waals surface area contributed by atoms with Gasteiger partial charge in [0.25, 0.3) is 0 Å². The predicted molar refractivity (Wildman–Crippen MR) is 63.6 cm³/mol. The molecule has 0 aliphatic heterocycles. The average Bonchev–Trinajstić information content (AvgIpc) is 2.39. The van der Waals surface area contributed by atoms with Gasteiger partial charge in [-0.2, -0.15) is 0 Å². The van der Waals surface area contributed by atoms with E-state index in [1.807, 2.05) is 0 Å². The topological polar surface area (TPSA) is 195 Å². The van der Waals surface area contributed by atoms with E-state index in [0.717, 1.165) is 12.8 Å². The third-order valence-electron chi connectivity index (χ3n) is 3.16. The number of carbonyl (C=O) groups is 3. The van der Waals surface area contributed by atoms with Crippen molar-refractivity contribution in [2.75, 3.05) is 0 Å². The van der Waals surface area contributed by atoms with Crippen molar-refractivity contribution in [2.45, 2.75) is 50.3 Å². The molecule has 10 heteroatoms. The van der Waals surface area contributed by atoms with Crippen LogP contribution in [-0.2, 0) is 35.4 Å². The molecule has 130 valence electrons. The van der Waals surface area contributed by atoms with Gasteiger partial charge in [0, 0.05) is 30.0 Å². The average molecular weight is 499 g/mol. The van der Waals surface area contributed by atoms with Gasteiger partial charge in [-0.05, 0) is 25.2 Å². The van der Waals surface area contributed by atoms with Crippen LogP contribution in [0.25, 0.3) is 0 Å². The Morgan fingerprint density at radius 3 is 1.64 bits per heavy atom. The number of carbonyl (C=O) groups excluding carboxylic acids is 3. The number of rotatable bonds is 5. The normalized spacial score (nSPS) is 23.0. The first kappa shape index (κ1) is 23.2. The van der Waals surface area contributed by atoms with Gasteiger partial charge >= 0.3 is 23.9 Å². The molecule has 9 nitrogen and oxygen atoms in total. The Hall–Kier alpha value is -1.02. The Bertz CT molecular complexity index is 380. The van der Waals surface area contributed by atoms with Crippen molar-refractivity contribution in [3.05, 3.63) is 0 Å². The molecule has 1 aliphatic carbocycles. The van der Waals surface area contributed by atoms with Gasteiger partial charge in [-0.25, -0.2) is 0 Å². The molecule has 0 saturated heterocycles. The van der Waals surface area contributed by atoms with Gasteiger partial charge in [0.05, 0.1) is 0 Å². The summed E-state index contributed by atoms with van der Waals surface area (Å²) in [7, 11) is 0. The molecule has 4 N–H and O–H groups in total. The van der Waals surface area contributed by atoms with E-state index in [1.165, 1.54) is 12.8 Å². The number of hydrogen-bond donors (Lipinski definition) is 2. The molecule has 0 amide bonds. The zero-order valence-corrected chi connectivity index (χ0v) is 13.9. The van der Waals surface area contributed by atoms with Gasteiger partial charge in [0.15, 0.2) is 0 Å². The summed E-state index contributed by atoms with van der Waals surface area (Å²) in [5.41, 5.74) is 11.3. The minimum atomic E-state index is -2.66. The van der Waals surface area contributed by atoms with Crippen LogP contribution >= 0.6 is 0 Å². The summed E-state index contributed by atoms with van der Waals surface area (Å²) in [5, 5.41) is 40.4. The second-order valence-electron chi connectivity index (χ2n) is 4.85. The number of carboxylic acids is 3. The van der Waals surface area contributed by atoms with Crippen molar-refractivity contribution in [3.8, 4) is 0 Å². The van der Waals surface area contributed by atoms with E-state index < -0.39 is 36.4 Å². The molecule has 22 heavy (non-hydrogen) atoms. The van der Waals surface area contributed by atoms with Gasteiger partial charge in [-0.3, -0.25) is 0 Å². The Labute approximate surface area is 144 Å². The SMILES string of the molecule is NC1CCCCC1N.O=C([O-])CC(C(=O)[O-])C([O-])C(=O)[O-].[H+].[H+].[Pt+2]. The summed E-state index contributed by atoms with van der Waals surface area (Å²) < 4.78 is 0. The van der Waals surface area contributed by atoms with Crippen molar-refractivity contribution in [1.82, 2.24) is 0 Å². The molecular weight excluding hydrogens is 479 g/mol. The minimum absolute atomic E-state index is 0. The molecule has 4 atom stereocenters. The largest absolute Gasteiger partial charge is 2.00 e. The molecule has 0 aromatic rings. The van der Waals surface area contributed by atoms with E-state index in [0.29, 0.717) is 0 Å². The molecule has 4 unspecified atom stereocenters. The number of aliphatic carboxylic acids is 3. The summed E-state index contributed by atoms with van der Waals surface area (Å²) in [5.74, 6) is -8.24. The van der Waals surface area contributed by atoms with E-state index >= 15 is 0 Å². The van der Waals surface area contributed by atoms with Crippen molar-refractivity contribution in [1.29, 1.82) is 0 Å². The molecule has 0 radical (unpaired) electrons. The smallest absolute Gasteiger partial charge is 0.847 e. The molecule has 1 aliphatic rings. The van der Waals surface area contributed by atoms with Gasteiger partial charge in [0.1, 0.15) is 0 Å². The van der Waals surface area contributed by atoms with E-state index in [2.05, 4.69) is 0 Å². The van der Waals surface area contributed by atoms with E-state index in [9.17, 15) is 34.8 Å². The van der Waals surface area contributed by atoms with Crippen LogP contribution in [0.5, 0.6) is 0 Å². The Morgan fingerprint density at radius 2 is 1.41 bits per heavy atom. The van der Waals surface area contributed by atoms with Crippen LogP contribution in [-0.4, -0.2) is 36.1 Å².